The highest BCUT2D eigenvalue weighted by molar-refractivity contribution is 6.28. The quantitative estimate of drug-likeness (QED) is 0.875. The summed E-state index contributed by atoms with van der Waals surface area (Å²) < 4.78 is 0. The molecule has 0 aliphatic heterocycles. The van der Waals surface area contributed by atoms with E-state index >= 15 is 0 Å². The van der Waals surface area contributed by atoms with Gasteiger partial charge in [-0.3, -0.25) is 4.79 Å². The van der Waals surface area contributed by atoms with Crippen LogP contribution in [0.4, 0.5) is 11.5 Å². The minimum Gasteiger partial charge on any atom is -0.378 e. The van der Waals surface area contributed by atoms with Crippen molar-refractivity contribution in [3.63, 3.8) is 0 Å². The van der Waals surface area contributed by atoms with Gasteiger partial charge in [-0.2, -0.15) is 0 Å². The van der Waals surface area contributed by atoms with Crippen LogP contribution in [-0.4, -0.2) is 30.0 Å². The number of carbonyl (C=O) groups excluding carboxylic acids is 1. The summed E-state index contributed by atoms with van der Waals surface area (Å²) >= 11 is 5.65. The van der Waals surface area contributed by atoms with Crippen molar-refractivity contribution in [2.24, 2.45) is 0 Å². The molecule has 0 aliphatic carbocycles. The smallest absolute Gasteiger partial charge is 0.256 e. The van der Waals surface area contributed by atoms with Crippen molar-refractivity contribution < 1.29 is 4.79 Å². The Hall–Kier alpha value is -2.14. The molecule has 2 rings (SSSR count). The SMILES string of the molecule is CN(C)c1ccc(C(=O)Nc2ccnc(Cl)n2)cc1. The Morgan fingerprint density at radius 2 is 1.89 bits per heavy atom. The molecule has 0 spiro atoms. The number of halogens is 1. The van der Waals surface area contributed by atoms with Gasteiger partial charge >= 0.3 is 0 Å². The maximum atomic E-state index is 12.0. The fraction of sp³-hybridized carbons (Fsp3) is 0.154. The number of hydrogen-bond donors (Lipinski definition) is 1. The molecular weight excluding hydrogens is 264 g/mol. The third-order valence-electron chi connectivity index (χ3n) is 2.51. The molecule has 1 amide bonds. The summed E-state index contributed by atoms with van der Waals surface area (Å²) in [6.45, 7) is 0. The number of benzene rings is 1. The highest BCUT2D eigenvalue weighted by Crippen LogP contribution is 2.14. The first-order chi connectivity index (χ1) is 9.06. The van der Waals surface area contributed by atoms with Crippen LogP contribution in [-0.2, 0) is 0 Å². The Morgan fingerprint density at radius 1 is 1.21 bits per heavy atom. The molecule has 1 heterocycles. The third-order valence-corrected chi connectivity index (χ3v) is 2.70. The van der Waals surface area contributed by atoms with Crippen LogP contribution in [0.5, 0.6) is 0 Å². The molecule has 0 unspecified atom stereocenters. The molecule has 1 N–H and O–H groups in total. The summed E-state index contributed by atoms with van der Waals surface area (Å²) in [5.41, 5.74) is 1.59. The van der Waals surface area contributed by atoms with Crippen LogP contribution in [0.25, 0.3) is 0 Å². The summed E-state index contributed by atoms with van der Waals surface area (Å²) in [7, 11) is 3.88. The normalized spacial score (nSPS) is 10.1. The molecule has 0 fully saturated rings. The highest BCUT2D eigenvalue weighted by atomic mass is 35.5. The standard InChI is InChI=1S/C13H13ClN4O/c1-18(2)10-5-3-9(4-6-10)12(19)16-11-7-8-15-13(14)17-11/h3-8H,1-2H3,(H,15,16,17,19). The number of anilines is 2. The van der Waals surface area contributed by atoms with Gasteiger partial charge < -0.3 is 10.2 Å². The van der Waals surface area contributed by atoms with E-state index in [2.05, 4.69) is 15.3 Å². The third kappa shape index (κ3) is 3.42. The van der Waals surface area contributed by atoms with Gasteiger partial charge in [0.15, 0.2) is 0 Å². The minimum absolute atomic E-state index is 0.0979. The van der Waals surface area contributed by atoms with Crippen molar-refractivity contribution in [1.29, 1.82) is 0 Å². The summed E-state index contributed by atoms with van der Waals surface area (Å²) in [6, 6.07) is 8.85. The van der Waals surface area contributed by atoms with Crippen molar-refractivity contribution in [1.82, 2.24) is 9.97 Å². The average molecular weight is 277 g/mol. The number of amides is 1. The van der Waals surface area contributed by atoms with Crippen LogP contribution >= 0.6 is 11.6 Å². The maximum Gasteiger partial charge on any atom is 0.256 e. The van der Waals surface area contributed by atoms with Crippen LogP contribution in [0.3, 0.4) is 0 Å². The zero-order valence-corrected chi connectivity index (χ0v) is 11.3. The lowest BCUT2D eigenvalue weighted by molar-refractivity contribution is 0.102. The predicted octanol–water partition coefficient (Wildman–Crippen LogP) is 2.45. The van der Waals surface area contributed by atoms with Gasteiger partial charge in [-0.25, -0.2) is 9.97 Å². The fourth-order valence-corrected chi connectivity index (χ4v) is 1.65. The highest BCUT2D eigenvalue weighted by Gasteiger charge is 2.07. The second-order valence-corrected chi connectivity index (χ2v) is 4.44. The summed E-state index contributed by atoms with van der Waals surface area (Å²) in [4.78, 5) is 21.6. The van der Waals surface area contributed by atoms with Crippen molar-refractivity contribution in [2.75, 3.05) is 24.3 Å². The number of nitrogens with zero attached hydrogens (tertiary/aromatic N) is 3. The first-order valence-electron chi connectivity index (χ1n) is 5.63. The number of aromatic nitrogens is 2. The largest absolute Gasteiger partial charge is 0.378 e. The Morgan fingerprint density at radius 3 is 2.47 bits per heavy atom. The molecule has 0 saturated carbocycles. The van der Waals surface area contributed by atoms with Crippen LogP contribution in [0.1, 0.15) is 10.4 Å². The zero-order valence-electron chi connectivity index (χ0n) is 10.6. The second-order valence-electron chi connectivity index (χ2n) is 4.11. The van der Waals surface area contributed by atoms with Crippen LogP contribution in [0.2, 0.25) is 5.28 Å². The lowest BCUT2D eigenvalue weighted by Crippen LogP contribution is -2.14. The number of hydrogen-bond acceptors (Lipinski definition) is 4. The van der Waals surface area contributed by atoms with E-state index in [4.69, 9.17) is 11.6 Å². The average Bonchev–Trinajstić information content (AvgIpc) is 2.39. The van der Waals surface area contributed by atoms with Crippen LogP contribution < -0.4 is 10.2 Å². The molecule has 0 saturated heterocycles. The fourth-order valence-electron chi connectivity index (χ4n) is 1.50. The van der Waals surface area contributed by atoms with Gasteiger partial charge in [-0.1, -0.05) is 0 Å². The van der Waals surface area contributed by atoms with Crippen molar-refractivity contribution in [3.8, 4) is 0 Å². The molecule has 6 heteroatoms. The summed E-state index contributed by atoms with van der Waals surface area (Å²) in [5, 5.41) is 2.76. The van der Waals surface area contributed by atoms with Crippen LogP contribution in [0.15, 0.2) is 36.5 Å². The Labute approximate surface area is 116 Å². The van der Waals surface area contributed by atoms with E-state index in [9.17, 15) is 4.79 Å². The van der Waals surface area contributed by atoms with Gasteiger partial charge in [-0.05, 0) is 41.9 Å². The van der Waals surface area contributed by atoms with Gasteiger partial charge in [0.05, 0.1) is 0 Å². The zero-order chi connectivity index (χ0) is 13.8. The maximum absolute atomic E-state index is 12.0. The molecule has 5 nitrogen and oxygen atoms in total. The topological polar surface area (TPSA) is 58.1 Å². The predicted molar refractivity (Wildman–Crippen MR) is 75.8 cm³/mol. The van der Waals surface area contributed by atoms with Gasteiger partial charge in [-0.15, -0.1) is 0 Å². The molecule has 2 aromatic rings. The van der Waals surface area contributed by atoms with Gasteiger partial charge in [0, 0.05) is 31.5 Å². The monoisotopic (exact) mass is 276 g/mol. The molecule has 98 valence electrons. The number of rotatable bonds is 3. The van der Waals surface area contributed by atoms with Gasteiger partial charge in [0.1, 0.15) is 5.82 Å². The van der Waals surface area contributed by atoms with Crippen molar-refractivity contribution >= 4 is 29.0 Å². The Bertz CT molecular complexity index is 583. The molecular formula is C13H13ClN4O. The molecule has 0 atom stereocenters. The second kappa shape index (κ2) is 5.67. The minimum atomic E-state index is -0.236. The van der Waals surface area contributed by atoms with E-state index in [1.54, 1.807) is 18.2 Å². The molecule has 0 bridgehead atoms. The number of nitrogens with one attached hydrogen (secondary N) is 1. The van der Waals surface area contributed by atoms with E-state index in [1.807, 2.05) is 31.1 Å². The van der Waals surface area contributed by atoms with Crippen molar-refractivity contribution in [2.45, 2.75) is 0 Å². The van der Waals surface area contributed by atoms with E-state index in [1.165, 1.54) is 6.20 Å². The molecule has 1 aromatic carbocycles. The molecule has 1 aromatic heterocycles. The Balaban J connectivity index is 2.11. The molecule has 0 aliphatic rings. The van der Waals surface area contributed by atoms with Crippen molar-refractivity contribution in [3.05, 3.63) is 47.4 Å². The summed E-state index contributed by atoms with van der Waals surface area (Å²) in [6.07, 6.45) is 1.49. The Kier molecular flexibility index (Phi) is 3.97. The first kappa shape index (κ1) is 13.3. The van der Waals surface area contributed by atoms with Crippen LogP contribution in [0, 0.1) is 0 Å². The first-order valence-corrected chi connectivity index (χ1v) is 6.01. The van der Waals surface area contributed by atoms with Gasteiger partial charge in [0.25, 0.3) is 5.91 Å². The lowest BCUT2D eigenvalue weighted by atomic mass is 10.2. The molecule has 0 radical (unpaired) electrons. The van der Waals surface area contributed by atoms with Gasteiger partial charge in [0.2, 0.25) is 5.28 Å². The summed E-state index contributed by atoms with van der Waals surface area (Å²) in [5.74, 6) is 0.141. The van der Waals surface area contributed by atoms with E-state index < -0.39 is 0 Å². The van der Waals surface area contributed by atoms with E-state index in [0.717, 1.165) is 5.69 Å². The number of carbonyl (C=O) groups is 1. The van der Waals surface area contributed by atoms with E-state index in [0.29, 0.717) is 11.4 Å². The van der Waals surface area contributed by atoms with E-state index in [-0.39, 0.29) is 11.2 Å². The molecule has 19 heavy (non-hydrogen) atoms. The lowest BCUT2D eigenvalue weighted by Gasteiger charge is -2.12.